The highest BCUT2D eigenvalue weighted by Gasteiger charge is 2.30. The van der Waals surface area contributed by atoms with E-state index in [-0.39, 0.29) is 10.9 Å². The maximum absolute atomic E-state index is 12.5. The average Bonchev–Trinajstić information content (AvgIpc) is 2.39. The fraction of sp³-hybridized carbons (Fsp3) is 0.0714. The number of hydrogen-bond donors (Lipinski definition) is 0. The molecule has 0 saturated heterocycles. The summed E-state index contributed by atoms with van der Waals surface area (Å²) >= 11 is 5.98. The van der Waals surface area contributed by atoms with E-state index in [0.717, 1.165) is 12.1 Å². The predicted octanol–water partition coefficient (Wildman–Crippen LogP) is 5.02. The predicted molar refractivity (Wildman–Crippen MR) is 69.9 cm³/mol. The molecule has 2 rings (SSSR count). The van der Waals surface area contributed by atoms with Gasteiger partial charge in [-0.15, -0.1) is 0 Å². The lowest BCUT2D eigenvalue weighted by Crippen LogP contribution is -2.03. The Labute approximate surface area is 113 Å². The standard InChI is InChI=1S/C14H9ClF3N/c15-13(10-5-2-1-3-6-10)19-12-8-4-7-11(9-12)14(16,17)18/h1-9H/b19-13-. The Balaban J connectivity index is 2.33. The lowest BCUT2D eigenvalue weighted by molar-refractivity contribution is -0.137. The van der Waals surface area contributed by atoms with E-state index in [1.165, 1.54) is 12.1 Å². The van der Waals surface area contributed by atoms with E-state index in [2.05, 4.69) is 4.99 Å². The molecule has 0 aromatic heterocycles. The summed E-state index contributed by atoms with van der Waals surface area (Å²) in [6.45, 7) is 0. The van der Waals surface area contributed by atoms with Crippen LogP contribution in [0, 0.1) is 0 Å². The van der Waals surface area contributed by atoms with E-state index in [0.29, 0.717) is 5.56 Å². The minimum Gasteiger partial charge on any atom is -0.236 e. The first-order chi connectivity index (χ1) is 8.97. The molecule has 5 heteroatoms. The number of nitrogens with zero attached hydrogens (tertiary/aromatic N) is 1. The molecule has 0 N–H and O–H groups in total. The summed E-state index contributed by atoms with van der Waals surface area (Å²) in [6.07, 6.45) is -4.38. The zero-order valence-electron chi connectivity index (χ0n) is 9.66. The number of benzene rings is 2. The fourth-order valence-electron chi connectivity index (χ4n) is 1.51. The zero-order chi connectivity index (χ0) is 13.9. The Kier molecular flexibility index (Phi) is 3.90. The summed E-state index contributed by atoms with van der Waals surface area (Å²) in [6, 6.07) is 13.6. The maximum atomic E-state index is 12.5. The zero-order valence-corrected chi connectivity index (χ0v) is 10.4. The average molecular weight is 284 g/mol. The van der Waals surface area contributed by atoms with Crippen LogP contribution in [-0.2, 0) is 6.18 Å². The van der Waals surface area contributed by atoms with Gasteiger partial charge in [0.05, 0.1) is 11.3 Å². The lowest BCUT2D eigenvalue weighted by Gasteiger charge is -2.06. The van der Waals surface area contributed by atoms with Crippen LogP contribution >= 0.6 is 11.6 Å². The van der Waals surface area contributed by atoms with E-state index >= 15 is 0 Å². The molecule has 0 unspecified atom stereocenters. The van der Waals surface area contributed by atoms with Crippen LogP contribution in [-0.4, -0.2) is 5.17 Å². The van der Waals surface area contributed by atoms with Gasteiger partial charge >= 0.3 is 6.18 Å². The van der Waals surface area contributed by atoms with Crippen LogP contribution in [0.5, 0.6) is 0 Å². The molecule has 0 saturated carbocycles. The molecule has 0 aliphatic heterocycles. The number of hydrogen-bond acceptors (Lipinski definition) is 1. The van der Waals surface area contributed by atoms with Gasteiger partial charge in [0.15, 0.2) is 0 Å². The topological polar surface area (TPSA) is 12.4 Å². The van der Waals surface area contributed by atoms with E-state index in [9.17, 15) is 13.2 Å². The third-order valence-corrected chi connectivity index (χ3v) is 2.72. The molecule has 19 heavy (non-hydrogen) atoms. The SMILES string of the molecule is FC(F)(F)c1cccc(/N=C(\Cl)c2ccccc2)c1. The number of halogens is 4. The van der Waals surface area contributed by atoms with Crippen molar-refractivity contribution in [2.45, 2.75) is 6.18 Å². The minimum atomic E-state index is -4.38. The van der Waals surface area contributed by atoms with Crippen molar-refractivity contribution >= 4 is 22.5 Å². The summed E-state index contributed by atoms with van der Waals surface area (Å²) in [5.74, 6) is 0. The second-order valence-electron chi connectivity index (χ2n) is 3.82. The Morgan fingerprint density at radius 1 is 0.947 bits per heavy atom. The van der Waals surface area contributed by atoms with Gasteiger partial charge in [0.2, 0.25) is 0 Å². The minimum absolute atomic E-state index is 0.153. The third-order valence-electron chi connectivity index (χ3n) is 2.41. The Hall–Kier alpha value is -1.81. The van der Waals surface area contributed by atoms with Crippen LogP contribution in [0.25, 0.3) is 0 Å². The largest absolute Gasteiger partial charge is 0.416 e. The second kappa shape index (κ2) is 5.45. The van der Waals surface area contributed by atoms with Gasteiger partial charge in [0, 0.05) is 5.56 Å². The molecule has 98 valence electrons. The third kappa shape index (κ3) is 3.58. The molecule has 0 aliphatic rings. The number of rotatable bonds is 2. The normalized spacial score (nSPS) is 12.5. The monoisotopic (exact) mass is 283 g/mol. The quantitative estimate of drug-likeness (QED) is 0.686. The van der Waals surface area contributed by atoms with E-state index < -0.39 is 11.7 Å². The van der Waals surface area contributed by atoms with Crippen molar-refractivity contribution in [2.24, 2.45) is 4.99 Å². The van der Waals surface area contributed by atoms with E-state index in [1.54, 1.807) is 24.3 Å². The Bertz CT molecular complexity index is 591. The van der Waals surface area contributed by atoms with Gasteiger partial charge in [-0.25, -0.2) is 4.99 Å². The summed E-state index contributed by atoms with van der Waals surface area (Å²) in [5, 5.41) is 0.153. The fourth-order valence-corrected chi connectivity index (χ4v) is 1.73. The molecule has 0 spiro atoms. The molecule has 0 heterocycles. The molecule has 0 aliphatic carbocycles. The van der Waals surface area contributed by atoms with Crippen molar-refractivity contribution in [3.8, 4) is 0 Å². The van der Waals surface area contributed by atoms with Crippen LogP contribution in [0.2, 0.25) is 0 Å². The molecular formula is C14H9ClF3N. The summed E-state index contributed by atoms with van der Waals surface area (Å²) in [4.78, 5) is 3.99. The van der Waals surface area contributed by atoms with Crippen LogP contribution < -0.4 is 0 Å². The van der Waals surface area contributed by atoms with Crippen LogP contribution in [0.1, 0.15) is 11.1 Å². The van der Waals surface area contributed by atoms with Crippen molar-refractivity contribution < 1.29 is 13.2 Å². The van der Waals surface area contributed by atoms with Crippen LogP contribution in [0.15, 0.2) is 59.6 Å². The number of aliphatic imine (C=N–C) groups is 1. The molecule has 0 fully saturated rings. The van der Waals surface area contributed by atoms with Gasteiger partial charge in [0.25, 0.3) is 0 Å². The van der Waals surface area contributed by atoms with E-state index in [1.807, 2.05) is 6.07 Å². The maximum Gasteiger partial charge on any atom is 0.416 e. The van der Waals surface area contributed by atoms with Gasteiger partial charge in [0.1, 0.15) is 5.17 Å². The highest BCUT2D eigenvalue weighted by Crippen LogP contribution is 2.31. The Morgan fingerprint density at radius 2 is 1.63 bits per heavy atom. The first-order valence-corrected chi connectivity index (χ1v) is 5.81. The van der Waals surface area contributed by atoms with Gasteiger partial charge in [-0.3, -0.25) is 0 Å². The highest BCUT2D eigenvalue weighted by molar-refractivity contribution is 6.69. The molecule has 1 nitrogen and oxygen atoms in total. The summed E-state index contributed by atoms with van der Waals surface area (Å²) < 4.78 is 37.6. The lowest BCUT2D eigenvalue weighted by atomic mass is 10.2. The van der Waals surface area contributed by atoms with Crippen LogP contribution in [0.3, 0.4) is 0 Å². The van der Waals surface area contributed by atoms with Gasteiger partial charge in [-0.05, 0) is 18.2 Å². The van der Waals surface area contributed by atoms with Gasteiger partial charge < -0.3 is 0 Å². The first kappa shape index (κ1) is 13.6. The second-order valence-corrected chi connectivity index (χ2v) is 4.17. The van der Waals surface area contributed by atoms with Crippen molar-refractivity contribution in [1.82, 2.24) is 0 Å². The molecule has 2 aromatic carbocycles. The van der Waals surface area contributed by atoms with Crippen molar-refractivity contribution in [3.05, 3.63) is 65.7 Å². The summed E-state index contributed by atoms with van der Waals surface area (Å²) in [7, 11) is 0. The Morgan fingerprint density at radius 3 is 2.26 bits per heavy atom. The summed E-state index contributed by atoms with van der Waals surface area (Å²) in [5.41, 5.74) is 0.0801. The van der Waals surface area contributed by atoms with E-state index in [4.69, 9.17) is 11.6 Å². The molecule has 0 atom stereocenters. The molecule has 0 bridgehead atoms. The van der Waals surface area contributed by atoms with Crippen LogP contribution in [0.4, 0.5) is 18.9 Å². The van der Waals surface area contributed by atoms with Gasteiger partial charge in [-0.1, -0.05) is 48.0 Å². The molecule has 2 aromatic rings. The molecular weight excluding hydrogens is 275 g/mol. The molecule has 0 radical (unpaired) electrons. The number of alkyl halides is 3. The highest BCUT2D eigenvalue weighted by atomic mass is 35.5. The molecule has 0 amide bonds. The first-order valence-electron chi connectivity index (χ1n) is 5.44. The van der Waals surface area contributed by atoms with Crippen molar-refractivity contribution in [1.29, 1.82) is 0 Å². The van der Waals surface area contributed by atoms with Crippen molar-refractivity contribution in [2.75, 3.05) is 0 Å². The van der Waals surface area contributed by atoms with Gasteiger partial charge in [-0.2, -0.15) is 13.2 Å². The van der Waals surface area contributed by atoms with Crippen molar-refractivity contribution in [3.63, 3.8) is 0 Å². The smallest absolute Gasteiger partial charge is 0.236 e.